The molecule has 0 radical (unpaired) electrons. The molecular formula is C10H18N2O5S. The van der Waals surface area contributed by atoms with E-state index in [0.29, 0.717) is 31.4 Å². The summed E-state index contributed by atoms with van der Waals surface area (Å²) in [6.45, 7) is 1.76. The van der Waals surface area contributed by atoms with Crippen molar-refractivity contribution in [3.63, 3.8) is 0 Å². The maximum absolute atomic E-state index is 11.6. The van der Waals surface area contributed by atoms with Crippen LogP contribution in [-0.4, -0.2) is 44.0 Å². The average Bonchev–Trinajstić information content (AvgIpc) is 2.31. The Morgan fingerprint density at radius 1 is 1.50 bits per heavy atom. The second-order valence-electron chi connectivity index (χ2n) is 3.94. The van der Waals surface area contributed by atoms with E-state index < -0.39 is 16.2 Å². The van der Waals surface area contributed by atoms with E-state index >= 15 is 0 Å². The molecular weight excluding hydrogens is 260 g/mol. The van der Waals surface area contributed by atoms with Gasteiger partial charge < -0.3 is 10.0 Å². The lowest BCUT2D eigenvalue weighted by Gasteiger charge is -2.23. The number of nitrogens with zero attached hydrogens (tertiary/aromatic N) is 2. The van der Waals surface area contributed by atoms with Crippen molar-refractivity contribution in [3.05, 3.63) is 0 Å². The fourth-order valence-corrected chi connectivity index (χ4v) is 2.92. The van der Waals surface area contributed by atoms with Crippen LogP contribution < -0.4 is 0 Å². The quantitative estimate of drug-likeness (QED) is 0.462. The summed E-state index contributed by atoms with van der Waals surface area (Å²) in [5, 5.41) is 15.7. The number of oxime groups is 2. The first-order valence-electron chi connectivity index (χ1n) is 5.77. The minimum absolute atomic E-state index is 0.0463. The summed E-state index contributed by atoms with van der Waals surface area (Å²) in [4.78, 5) is 4.64. The van der Waals surface area contributed by atoms with Crippen molar-refractivity contribution >= 4 is 21.5 Å². The van der Waals surface area contributed by atoms with Crippen LogP contribution in [0, 0.1) is 0 Å². The molecule has 0 spiro atoms. The van der Waals surface area contributed by atoms with Gasteiger partial charge in [-0.15, -0.1) is 0 Å². The second kappa shape index (κ2) is 6.69. The summed E-state index contributed by atoms with van der Waals surface area (Å²) in [6.07, 6.45) is 1.44. The third-order valence-corrected chi connectivity index (χ3v) is 3.94. The van der Waals surface area contributed by atoms with Crippen LogP contribution in [0.2, 0.25) is 0 Å². The van der Waals surface area contributed by atoms with Crippen LogP contribution in [0.25, 0.3) is 0 Å². The SMILES string of the molecule is CCCS(=O)(=O)OC1CCCC(=N\O)/C1=N\OC. The lowest BCUT2D eigenvalue weighted by atomic mass is 9.94. The van der Waals surface area contributed by atoms with Crippen LogP contribution in [0.15, 0.2) is 10.3 Å². The summed E-state index contributed by atoms with van der Waals surface area (Å²) in [7, 11) is -2.25. The highest BCUT2D eigenvalue weighted by atomic mass is 32.2. The molecule has 1 fully saturated rings. The first-order valence-corrected chi connectivity index (χ1v) is 7.35. The van der Waals surface area contributed by atoms with Crippen molar-refractivity contribution in [3.8, 4) is 0 Å². The van der Waals surface area contributed by atoms with E-state index in [1.54, 1.807) is 6.92 Å². The van der Waals surface area contributed by atoms with Gasteiger partial charge in [0, 0.05) is 0 Å². The van der Waals surface area contributed by atoms with Crippen LogP contribution in [0.1, 0.15) is 32.6 Å². The summed E-state index contributed by atoms with van der Waals surface area (Å²) in [6, 6.07) is 0. The Hall–Kier alpha value is -1.15. The highest BCUT2D eigenvalue weighted by molar-refractivity contribution is 7.86. The van der Waals surface area contributed by atoms with Crippen LogP contribution in [0.3, 0.4) is 0 Å². The molecule has 0 heterocycles. The predicted octanol–water partition coefficient (Wildman–Crippen LogP) is 1.13. The van der Waals surface area contributed by atoms with Gasteiger partial charge >= 0.3 is 0 Å². The molecule has 0 bridgehead atoms. The first kappa shape index (κ1) is 14.9. The van der Waals surface area contributed by atoms with Crippen molar-refractivity contribution in [2.75, 3.05) is 12.9 Å². The van der Waals surface area contributed by atoms with E-state index in [1.807, 2.05) is 0 Å². The van der Waals surface area contributed by atoms with Crippen molar-refractivity contribution in [2.45, 2.75) is 38.7 Å². The van der Waals surface area contributed by atoms with Crippen LogP contribution >= 0.6 is 0 Å². The molecule has 8 heteroatoms. The molecule has 0 aromatic heterocycles. The van der Waals surface area contributed by atoms with Crippen LogP contribution in [0.4, 0.5) is 0 Å². The lowest BCUT2D eigenvalue weighted by Crippen LogP contribution is -2.37. The Bertz CT molecular complexity index is 430. The van der Waals surface area contributed by atoms with Crippen LogP contribution in [0.5, 0.6) is 0 Å². The molecule has 104 valence electrons. The van der Waals surface area contributed by atoms with Crippen molar-refractivity contribution < 1.29 is 22.6 Å². The topological polar surface area (TPSA) is 97.6 Å². The first-order chi connectivity index (χ1) is 8.54. The van der Waals surface area contributed by atoms with Crippen LogP contribution in [-0.2, 0) is 19.1 Å². The molecule has 0 aliphatic heterocycles. The molecule has 1 saturated carbocycles. The van der Waals surface area contributed by atoms with Gasteiger partial charge in [0.05, 0.1) is 5.75 Å². The smallest absolute Gasteiger partial charge is 0.267 e. The minimum atomic E-state index is -3.59. The fraction of sp³-hybridized carbons (Fsp3) is 0.800. The van der Waals surface area contributed by atoms with E-state index in [0.717, 1.165) is 0 Å². The Kier molecular flexibility index (Phi) is 5.54. The van der Waals surface area contributed by atoms with E-state index in [2.05, 4.69) is 15.1 Å². The molecule has 0 aromatic rings. The monoisotopic (exact) mass is 278 g/mol. The Morgan fingerprint density at radius 3 is 2.78 bits per heavy atom. The molecule has 1 aliphatic carbocycles. The normalized spacial score (nSPS) is 25.6. The largest absolute Gasteiger partial charge is 0.411 e. The number of hydrogen-bond acceptors (Lipinski definition) is 7. The van der Waals surface area contributed by atoms with E-state index in [9.17, 15) is 8.42 Å². The zero-order chi connectivity index (χ0) is 13.6. The van der Waals surface area contributed by atoms with Gasteiger partial charge in [-0.1, -0.05) is 17.2 Å². The average molecular weight is 278 g/mol. The van der Waals surface area contributed by atoms with Crippen molar-refractivity contribution in [1.82, 2.24) is 0 Å². The van der Waals surface area contributed by atoms with Gasteiger partial charge in [-0.2, -0.15) is 8.42 Å². The van der Waals surface area contributed by atoms with Gasteiger partial charge in [-0.25, -0.2) is 0 Å². The van der Waals surface area contributed by atoms with Gasteiger partial charge in [0.2, 0.25) is 0 Å². The summed E-state index contributed by atoms with van der Waals surface area (Å²) in [5.74, 6) is -0.0463. The third-order valence-electron chi connectivity index (χ3n) is 2.51. The summed E-state index contributed by atoms with van der Waals surface area (Å²) in [5.41, 5.74) is 0.547. The Morgan fingerprint density at radius 2 is 2.22 bits per heavy atom. The molecule has 0 saturated heterocycles. The highest BCUT2D eigenvalue weighted by Gasteiger charge is 2.31. The van der Waals surface area contributed by atoms with Gasteiger partial charge in [0.1, 0.15) is 24.6 Å². The van der Waals surface area contributed by atoms with E-state index in [-0.39, 0.29) is 11.5 Å². The maximum atomic E-state index is 11.6. The fourth-order valence-electron chi connectivity index (χ4n) is 1.79. The molecule has 1 aliphatic rings. The van der Waals surface area contributed by atoms with Gasteiger partial charge in [-0.05, 0) is 25.7 Å². The predicted molar refractivity (Wildman–Crippen MR) is 66.5 cm³/mol. The second-order valence-corrected chi connectivity index (χ2v) is 5.66. The lowest BCUT2D eigenvalue weighted by molar-refractivity contribution is 0.199. The molecule has 1 unspecified atom stereocenters. The van der Waals surface area contributed by atoms with E-state index in [1.165, 1.54) is 7.11 Å². The molecule has 18 heavy (non-hydrogen) atoms. The maximum Gasteiger partial charge on any atom is 0.267 e. The molecule has 1 rings (SSSR count). The van der Waals surface area contributed by atoms with Gasteiger partial charge in [0.25, 0.3) is 10.1 Å². The summed E-state index contributed by atoms with van der Waals surface area (Å²) < 4.78 is 28.3. The minimum Gasteiger partial charge on any atom is -0.411 e. The standard InChI is InChI=1S/C10H18N2O5S/c1-3-7-18(14,15)17-9-6-4-5-8(11-13)10(9)12-16-2/h9,13H,3-7H2,1-2H3/b11-8+,12-10+. The molecule has 0 amide bonds. The summed E-state index contributed by atoms with van der Waals surface area (Å²) >= 11 is 0. The highest BCUT2D eigenvalue weighted by Crippen LogP contribution is 2.19. The van der Waals surface area contributed by atoms with Gasteiger partial charge in [0.15, 0.2) is 0 Å². The van der Waals surface area contributed by atoms with Gasteiger partial charge in [-0.3, -0.25) is 4.18 Å². The zero-order valence-electron chi connectivity index (χ0n) is 10.5. The molecule has 1 N–H and O–H groups in total. The molecule has 1 atom stereocenters. The third kappa shape index (κ3) is 3.95. The Balaban J connectivity index is 2.89. The molecule has 0 aromatic carbocycles. The molecule has 7 nitrogen and oxygen atoms in total. The number of rotatable bonds is 5. The van der Waals surface area contributed by atoms with Crippen molar-refractivity contribution in [2.24, 2.45) is 10.3 Å². The van der Waals surface area contributed by atoms with Crippen molar-refractivity contribution in [1.29, 1.82) is 0 Å². The Labute approximate surface area is 107 Å². The number of hydrogen-bond donors (Lipinski definition) is 1. The van der Waals surface area contributed by atoms with E-state index in [4.69, 9.17) is 9.39 Å². The zero-order valence-corrected chi connectivity index (χ0v) is 11.3.